The van der Waals surface area contributed by atoms with Crippen molar-refractivity contribution in [3.05, 3.63) is 62.9 Å². The molecule has 0 unspecified atom stereocenters. The smallest absolute Gasteiger partial charge is 0.311 e. The summed E-state index contributed by atoms with van der Waals surface area (Å²) < 4.78 is 18.5. The Morgan fingerprint density at radius 1 is 1.30 bits per heavy atom. The maximum absolute atomic E-state index is 13.2. The molecule has 1 N–H and O–H groups in total. The zero-order chi connectivity index (χ0) is 14.7. The highest BCUT2D eigenvalue weighted by atomic mass is 35.5. The third-order valence-electron chi connectivity index (χ3n) is 2.57. The Morgan fingerprint density at radius 3 is 2.70 bits per heavy atom. The Balaban J connectivity index is 2.47. The highest BCUT2D eigenvalue weighted by molar-refractivity contribution is 6.31. The van der Waals surface area contributed by atoms with Crippen LogP contribution in [-0.2, 0) is 6.61 Å². The van der Waals surface area contributed by atoms with E-state index in [2.05, 4.69) is 0 Å². The third-order valence-corrected chi connectivity index (χ3v) is 2.93. The van der Waals surface area contributed by atoms with E-state index in [9.17, 15) is 19.6 Å². The van der Waals surface area contributed by atoms with Crippen molar-refractivity contribution in [2.75, 3.05) is 0 Å². The molecule has 20 heavy (non-hydrogen) atoms. The SMILES string of the molecule is O=[N+]([O-])c1ccc(F)cc1Oc1cccc(Cl)c1CO. The molecule has 0 saturated carbocycles. The van der Waals surface area contributed by atoms with Gasteiger partial charge in [-0.05, 0) is 18.2 Å². The molecular formula is C13H9ClFNO4. The van der Waals surface area contributed by atoms with Gasteiger partial charge in [0.25, 0.3) is 0 Å². The van der Waals surface area contributed by atoms with Gasteiger partial charge in [-0.2, -0.15) is 0 Å². The first-order valence-electron chi connectivity index (χ1n) is 5.53. The number of aliphatic hydroxyl groups is 1. The van der Waals surface area contributed by atoms with E-state index in [1.807, 2.05) is 0 Å². The van der Waals surface area contributed by atoms with Crippen LogP contribution >= 0.6 is 11.6 Å². The predicted octanol–water partition coefficient (Wildman–Crippen LogP) is 3.67. The fourth-order valence-corrected chi connectivity index (χ4v) is 1.85. The lowest BCUT2D eigenvalue weighted by molar-refractivity contribution is -0.385. The molecule has 2 aromatic rings. The van der Waals surface area contributed by atoms with Crippen LogP contribution in [0.3, 0.4) is 0 Å². The van der Waals surface area contributed by atoms with E-state index in [0.717, 1.165) is 18.2 Å². The molecule has 104 valence electrons. The van der Waals surface area contributed by atoms with E-state index in [0.29, 0.717) is 0 Å². The van der Waals surface area contributed by atoms with Crippen LogP contribution in [-0.4, -0.2) is 10.0 Å². The maximum atomic E-state index is 13.2. The number of ether oxygens (including phenoxy) is 1. The number of nitro groups is 1. The van der Waals surface area contributed by atoms with Gasteiger partial charge < -0.3 is 9.84 Å². The summed E-state index contributed by atoms with van der Waals surface area (Å²) in [6.07, 6.45) is 0. The topological polar surface area (TPSA) is 72.6 Å². The van der Waals surface area contributed by atoms with Crippen LogP contribution in [0.4, 0.5) is 10.1 Å². The first-order valence-corrected chi connectivity index (χ1v) is 5.90. The molecule has 0 aliphatic heterocycles. The fraction of sp³-hybridized carbons (Fsp3) is 0.0769. The van der Waals surface area contributed by atoms with Gasteiger partial charge in [0.05, 0.1) is 11.5 Å². The molecular weight excluding hydrogens is 289 g/mol. The highest BCUT2D eigenvalue weighted by Crippen LogP contribution is 2.35. The molecule has 2 rings (SSSR count). The molecule has 0 radical (unpaired) electrons. The summed E-state index contributed by atoms with van der Waals surface area (Å²) in [7, 11) is 0. The van der Waals surface area contributed by atoms with Gasteiger partial charge in [-0.15, -0.1) is 0 Å². The number of nitrogens with zero attached hydrogens (tertiary/aromatic N) is 1. The van der Waals surface area contributed by atoms with Crippen molar-refractivity contribution < 1.29 is 19.2 Å². The van der Waals surface area contributed by atoms with Gasteiger partial charge in [-0.25, -0.2) is 4.39 Å². The number of aliphatic hydroxyl groups excluding tert-OH is 1. The lowest BCUT2D eigenvalue weighted by atomic mass is 10.2. The van der Waals surface area contributed by atoms with Crippen LogP contribution in [0.15, 0.2) is 36.4 Å². The number of benzene rings is 2. The summed E-state index contributed by atoms with van der Waals surface area (Å²) in [6.45, 7) is -0.405. The lowest BCUT2D eigenvalue weighted by Gasteiger charge is -2.11. The van der Waals surface area contributed by atoms with Gasteiger partial charge in [0.1, 0.15) is 11.6 Å². The minimum atomic E-state index is -0.683. The number of rotatable bonds is 4. The molecule has 0 heterocycles. The first kappa shape index (κ1) is 14.2. The third kappa shape index (κ3) is 2.87. The molecule has 0 bridgehead atoms. The molecule has 7 heteroatoms. The molecule has 0 saturated heterocycles. The van der Waals surface area contributed by atoms with Crippen LogP contribution in [0.2, 0.25) is 5.02 Å². The van der Waals surface area contributed by atoms with Crippen molar-refractivity contribution in [1.82, 2.24) is 0 Å². The van der Waals surface area contributed by atoms with Crippen LogP contribution < -0.4 is 4.74 Å². The van der Waals surface area contributed by atoms with Gasteiger partial charge in [0, 0.05) is 22.7 Å². The standard InChI is InChI=1S/C13H9ClFNO4/c14-10-2-1-3-12(9(10)7-17)20-13-6-8(15)4-5-11(13)16(18)19/h1-6,17H,7H2. The minimum absolute atomic E-state index is 0.133. The Labute approximate surface area is 118 Å². The molecule has 5 nitrogen and oxygen atoms in total. The Hall–Kier alpha value is -2.18. The summed E-state index contributed by atoms with van der Waals surface area (Å²) in [4.78, 5) is 10.2. The highest BCUT2D eigenvalue weighted by Gasteiger charge is 2.18. The number of nitro benzene ring substituents is 1. The molecule has 0 spiro atoms. The van der Waals surface area contributed by atoms with Crippen molar-refractivity contribution >= 4 is 17.3 Å². The Bertz CT molecular complexity index is 663. The molecule has 0 fully saturated rings. The minimum Gasteiger partial charge on any atom is -0.450 e. The average Bonchev–Trinajstić information content (AvgIpc) is 2.38. The van der Waals surface area contributed by atoms with Crippen molar-refractivity contribution in [3.8, 4) is 11.5 Å². The van der Waals surface area contributed by atoms with Gasteiger partial charge in [-0.1, -0.05) is 17.7 Å². The van der Waals surface area contributed by atoms with E-state index in [4.69, 9.17) is 16.3 Å². The zero-order valence-electron chi connectivity index (χ0n) is 10.0. The van der Waals surface area contributed by atoms with Crippen molar-refractivity contribution in [1.29, 1.82) is 0 Å². The summed E-state index contributed by atoms with van der Waals surface area (Å²) in [5, 5.41) is 20.4. The van der Waals surface area contributed by atoms with E-state index in [1.54, 1.807) is 12.1 Å². The van der Waals surface area contributed by atoms with E-state index >= 15 is 0 Å². The van der Waals surface area contributed by atoms with Crippen LogP contribution in [0.5, 0.6) is 11.5 Å². The maximum Gasteiger partial charge on any atom is 0.311 e. The van der Waals surface area contributed by atoms with Crippen LogP contribution in [0, 0.1) is 15.9 Å². The van der Waals surface area contributed by atoms with E-state index < -0.39 is 17.3 Å². The van der Waals surface area contributed by atoms with Gasteiger partial charge in [0.15, 0.2) is 0 Å². The number of halogens is 2. The van der Waals surface area contributed by atoms with Gasteiger partial charge in [-0.3, -0.25) is 10.1 Å². The van der Waals surface area contributed by atoms with E-state index in [-0.39, 0.29) is 27.8 Å². The quantitative estimate of drug-likeness (QED) is 0.690. The second-order valence-electron chi connectivity index (χ2n) is 3.85. The molecule has 0 aromatic heterocycles. The Kier molecular flexibility index (Phi) is 4.16. The summed E-state index contributed by atoms with van der Waals surface area (Å²) in [5.74, 6) is -0.793. The van der Waals surface area contributed by atoms with E-state index in [1.165, 1.54) is 6.07 Å². The molecule has 0 aliphatic rings. The molecule has 0 atom stereocenters. The predicted molar refractivity (Wildman–Crippen MR) is 70.5 cm³/mol. The number of hydrogen-bond donors (Lipinski definition) is 1. The zero-order valence-corrected chi connectivity index (χ0v) is 10.8. The van der Waals surface area contributed by atoms with Gasteiger partial charge >= 0.3 is 5.69 Å². The monoisotopic (exact) mass is 297 g/mol. The molecule has 0 aliphatic carbocycles. The summed E-state index contributed by atoms with van der Waals surface area (Å²) >= 11 is 5.88. The summed E-state index contributed by atoms with van der Waals surface area (Å²) in [5.41, 5.74) is -0.108. The van der Waals surface area contributed by atoms with Crippen molar-refractivity contribution in [2.45, 2.75) is 6.61 Å². The van der Waals surface area contributed by atoms with Crippen LogP contribution in [0.1, 0.15) is 5.56 Å². The van der Waals surface area contributed by atoms with Crippen molar-refractivity contribution in [3.63, 3.8) is 0 Å². The van der Waals surface area contributed by atoms with Gasteiger partial charge in [0.2, 0.25) is 5.75 Å². The lowest BCUT2D eigenvalue weighted by Crippen LogP contribution is -1.97. The molecule has 0 amide bonds. The second kappa shape index (κ2) is 5.85. The largest absolute Gasteiger partial charge is 0.450 e. The molecule has 2 aromatic carbocycles. The first-order chi connectivity index (χ1) is 9.52. The normalized spacial score (nSPS) is 10.3. The average molecular weight is 298 g/mol. The number of hydrogen-bond acceptors (Lipinski definition) is 4. The Morgan fingerprint density at radius 2 is 2.05 bits per heavy atom. The van der Waals surface area contributed by atoms with Crippen molar-refractivity contribution in [2.24, 2.45) is 0 Å². The van der Waals surface area contributed by atoms with Crippen LogP contribution in [0.25, 0.3) is 0 Å². The fourth-order valence-electron chi connectivity index (χ4n) is 1.63. The summed E-state index contributed by atoms with van der Waals surface area (Å²) in [6, 6.07) is 7.46. The second-order valence-corrected chi connectivity index (χ2v) is 4.25.